The third-order valence-corrected chi connectivity index (χ3v) is 9.45. The van der Waals surface area contributed by atoms with Gasteiger partial charge in [-0.05, 0) is 66.7 Å². The van der Waals surface area contributed by atoms with Gasteiger partial charge in [-0.2, -0.15) is 0 Å². The minimum absolute atomic E-state index is 0.584. The van der Waals surface area contributed by atoms with Crippen molar-refractivity contribution in [3.8, 4) is 49.5 Å². The molecule has 9 rings (SSSR count). The van der Waals surface area contributed by atoms with E-state index in [0.29, 0.717) is 5.89 Å². The number of pyridine rings is 1. The third-order valence-electron chi connectivity index (χ3n) is 7.80. The van der Waals surface area contributed by atoms with E-state index in [4.69, 9.17) is 9.40 Å². The van der Waals surface area contributed by atoms with Crippen LogP contribution in [0.1, 0.15) is 0 Å². The van der Waals surface area contributed by atoms with E-state index in [9.17, 15) is 0 Å². The first-order valence-corrected chi connectivity index (χ1v) is 15.9. The average molecular weight is 604 g/mol. The van der Waals surface area contributed by atoms with Gasteiger partial charge in [-0.25, -0.2) is 15.0 Å². The van der Waals surface area contributed by atoms with Crippen LogP contribution >= 0.6 is 22.7 Å². The van der Waals surface area contributed by atoms with E-state index in [0.717, 1.165) is 71.2 Å². The molecule has 5 heterocycles. The maximum absolute atomic E-state index is 6.35. The van der Waals surface area contributed by atoms with Crippen LogP contribution in [0.5, 0.6) is 0 Å². The summed E-state index contributed by atoms with van der Waals surface area (Å²) in [5.41, 5.74) is 9.71. The molecule has 0 bridgehead atoms. The Kier molecular flexibility index (Phi) is 5.75. The van der Waals surface area contributed by atoms with Crippen molar-refractivity contribution in [1.82, 2.24) is 24.5 Å². The number of thiazole rings is 2. The molecule has 0 fully saturated rings. The van der Waals surface area contributed by atoms with Crippen LogP contribution in [-0.4, -0.2) is 24.5 Å². The first-order valence-electron chi connectivity index (χ1n) is 14.1. The summed E-state index contributed by atoms with van der Waals surface area (Å²) in [5, 5.41) is 8.25. The van der Waals surface area contributed by atoms with Gasteiger partial charge < -0.3 is 8.98 Å². The Balaban J connectivity index is 1.26. The Bertz CT molecular complexity index is 2440. The predicted octanol–water partition coefficient (Wildman–Crippen LogP) is 9.90. The van der Waals surface area contributed by atoms with Crippen molar-refractivity contribution >= 4 is 55.6 Å². The monoisotopic (exact) mass is 603 g/mol. The van der Waals surface area contributed by atoms with E-state index in [1.54, 1.807) is 22.7 Å². The fourth-order valence-electron chi connectivity index (χ4n) is 5.84. The molecule has 0 N–H and O–H groups in total. The Hall–Kier alpha value is -5.44. The number of para-hydroxylation sites is 1. The van der Waals surface area contributed by atoms with Crippen LogP contribution in [0.15, 0.2) is 131 Å². The number of benzene rings is 4. The molecule has 0 saturated carbocycles. The number of nitrogens with zero attached hydrogens (tertiary/aromatic N) is 5. The fraction of sp³-hybridized carbons (Fsp3) is 0. The standard InChI is InChI=1S/C36H21N5OS2/c1-2-7-31-27(5-1)28-10-8-22(34-40-30-11-9-23(21-33(30)42-34)35-38-13-15-43-35)20-32(28)41(31)26-18-24(29-6-3-4-12-37-29)17-25(19-26)36-39-14-16-44-36/h1-21H. The highest BCUT2D eigenvalue weighted by atomic mass is 32.1. The minimum atomic E-state index is 0.584. The van der Waals surface area contributed by atoms with Crippen molar-refractivity contribution in [2.45, 2.75) is 0 Å². The first kappa shape index (κ1) is 25.1. The Labute approximate surface area is 259 Å². The van der Waals surface area contributed by atoms with Gasteiger partial charge in [0.1, 0.15) is 15.5 Å². The van der Waals surface area contributed by atoms with Crippen LogP contribution in [0.4, 0.5) is 0 Å². The van der Waals surface area contributed by atoms with E-state index in [1.807, 2.05) is 65.7 Å². The maximum atomic E-state index is 6.35. The van der Waals surface area contributed by atoms with Gasteiger partial charge in [-0.3, -0.25) is 4.98 Å². The summed E-state index contributed by atoms with van der Waals surface area (Å²) in [5.74, 6) is 0.584. The van der Waals surface area contributed by atoms with Gasteiger partial charge in [0.05, 0.1) is 16.7 Å². The average Bonchev–Trinajstić information content (AvgIpc) is 3.90. The molecule has 0 aliphatic carbocycles. The number of hydrogen-bond donors (Lipinski definition) is 0. The van der Waals surface area contributed by atoms with Crippen molar-refractivity contribution in [2.24, 2.45) is 0 Å². The number of rotatable bonds is 5. The Morgan fingerprint density at radius 2 is 1.34 bits per heavy atom. The van der Waals surface area contributed by atoms with E-state index in [2.05, 4.69) is 80.2 Å². The molecule has 0 amide bonds. The number of hydrogen-bond acceptors (Lipinski definition) is 7. The van der Waals surface area contributed by atoms with E-state index in [1.165, 1.54) is 5.39 Å². The lowest BCUT2D eigenvalue weighted by molar-refractivity contribution is 0.620. The van der Waals surface area contributed by atoms with E-state index >= 15 is 0 Å². The molecule has 0 atom stereocenters. The highest BCUT2D eigenvalue weighted by molar-refractivity contribution is 7.13. The molecule has 0 unspecified atom stereocenters. The summed E-state index contributed by atoms with van der Waals surface area (Å²) in [6.07, 6.45) is 5.49. The second-order valence-corrected chi connectivity index (χ2v) is 12.2. The summed E-state index contributed by atoms with van der Waals surface area (Å²) in [7, 11) is 0. The van der Waals surface area contributed by atoms with Crippen molar-refractivity contribution in [1.29, 1.82) is 0 Å². The van der Waals surface area contributed by atoms with Crippen molar-refractivity contribution in [3.63, 3.8) is 0 Å². The summed E-state index contributed by atoms with van der Waals surface area (Å²) >= 11 is 3.24. The Morgan fingerprint density at radius 1 is 0.568 bits per heavy atom. The molecule has 44 heavy (non-hydrogen) atoms. The fourth-order valence-corrected chi connectivity index (χ4v) is 7.10. The summed E-state index contributed by atoms with van der Waals surface area (Å²) in [6, 6.07) is 33.6. The van der Waals surface area contributed by atoms with Crippen LogP contribution in [0.3, 0.4) is 0 Å². The Morgan fingerprint density at radius 3 is 2.16 bits per heavy atom. The van der Waals surface area contributed by atoms with Gasteiger partial charge in [0.15, 0.2) is 5.58 Å². The topological polar surface area (TPSA) is 69.6 Å². The second-order valence-electron chi connectivity index (χ2n) is 10.4. The molecule has 0 radical (unpaired) electrons. The van der Waals surface area contributed by atoms with Crippen LogP contribution in [0.25, 0.3) is 82.4 Å². The van der Waals surface area contributed by atoms with E-state index in [-0.39, 0.29) is 0 Å². The molecular weight excluding hydrogens is 583 g/mol. The lowest BCUT2D eigenvalue weighted by atomic mass is 10.1. The zero-order valence-corrected chi connectivity index (χ0v) is 24.7. The third kappa shape index (κ3) is 4.15. The van der Waals surface area contributed by atoms with Gasteiger partial charge >= 0.3 is 0 Å². The zero-order chi connectivity index (χ0) is 29.0. The first-order chi connectivity index (χ1) is 21.8. The molecule has 6 nitrogen and oxygen atoms in total. The van der Waals surface area contributed by atoms with Crippen molar-refractivity contribution in [3.05, 3.63) is 126 Å². The zero-order valence-electron chi connectivity index (χ0n) is 23.1. The highest BCUT2D eigenvalue weighted by Crippen LogP contribution is 2.38. The minimum Gasteiger partial charge on any atom is -0.436 e. The van der Waals surface area contributed by atoms with Gasteiger partial charge in [0.2, 0.25) is 5.89 Å². The predicted molar refractivity (Wildman–Crippen MR) is 179 cm³/mol. The summed E-state index contributed by atoms with van der Waals surface area (Å²) in [4.78, 5) is 18.6. The highest BCUT2D eigenvalue weighted by Gasteiger charge is 2.18. The molecule has 208 valence electrons. The van der Waals surface area contributed by atoms with Gasteiger partial charge in [0, 0.05) is 68.1 Å². The van der Waals surface area contributed by atoms with Crippen LogP contribution in [-0.2, 0) is 0 Å². The van der Waals surface area contributed by atoms with Crippen molar-refractivity contribution in [2.75, 3.05) is 0 Å². The lowest BCUT2D eigenvalue weighted by Crippen LogP contribution is -1.96. The normalized spacial score (nSPS) is 11.6. The number of oxazole rings is 1. The maximum Gasteiger partial charge on any atom is 0.227 e. The molecule has 0 spiro atoms. The molecule has 0 saturated heterocycles. The van der Waals surface area contributed by atoms with Crippen molar-refractivity contribution < 1.29 is 4.42 Å². The van der Waals surface area contributed by atoms with Gasteiger partial charge in [-0.15, -0.1) is 22.7 Å². The molecule has 9 aromatic rings. The molecular formula is C36H21N5OS2. The lowest BCUT2D eigenvalue weighted by Gasteiger charge is -2.13. The largest absolute Gasteiger partial charge is 0.436 e. The molecule has 4 aromatic carbocycles. The van der Waals surface area contributed by atoms with Gasteiger partial charge in [0.25, 0.3) is 0 Å². The van der Waals surface area contributed by atoms with Gasteiger partial charge in [-0.1, -0.05) is 30.3 Å². The van der Waals surface area contributed by atoms with Crippen LogP contribution in [0.2, 0.25) is 0 Å². The van der Waals surface area contributed by atoms with Crippen LogP contribution in [0, 0.1) is 0 Å². The molecule has 8 heteroatoms. The SMILES string of the molecule is c1ccc(-c2cc(-c3nccs3)cc(-n3c4ccccc4c4ccc(-c5nc6ccc(-c7nccs7)cc6o5)cc43)c2)nc1. The van der Waals surface area contributed by atoms with Crippen LogP contribution < -0.4 is 0 Å². The molecule has 0 aliphatic rings. The summed E-state index contributed by atoms with van der Waals surface area (Å²) in [6.45, 7) is 0. The summed E-state index contributed by atoms with van der Waals surface area (Å²) < 4.78 is 8.67. The van der Waals surface area contributed by atoms with E-state index < -0.39 is 0 Å². The number of aromatic nitrogens is 5. The molecule has 0 aliphatic heterocycles. The molecule has 5 aromatic heterocycles. The second kappa shape index (κ2) is 10.1. The number of fused-ring (bicyclic) bond motifs is 4. The quantitative estimate of drug-likeness (QED) is 0.196. The smallest absolute Gasteiger partial charge is 0.227 e.